The molecule has 0 bridgehead atoms. The monoisotopic (exact) mass is 236 g/mol. The van der Waals surface area contributed by atoms with Crippen LogP contribution in [0.1, 0.15) is 24.2 Å². The first kappa shape index (κ1) is 13.2. The van der Waals surface area contributed by atoms with Crippen molar-refractivity contribution in [2.24, 2.45) is 5.92 Å². The van der Waals surface area contributed by atoms with E-state index < -0.39 is 0 Å². The second kappa shape index (κ2) is 5.98. The summed E-state index contributed by atoms with van der Waals surface area (Å²) in [5.74, 6) is -0.210. The largest absolute Gasteiger partial charge is 0.480 e. The SMILES string of the molecule is COc1ncccc1C(=O)NCC(=O)C(C)C. The molecule has 0 aliphatic carbocycles. The number of methoxy groups -OCH3 is 1. The second-order valence-corrected chi connectivity index (χ2v) is 3.86. The van der Waals surface area contributed by atoms with Crippen molar-refractivity contribution in [3.05, 3.63) is 23.9 Å². The van der Waals surface area contributed by atoms with Crippen LogP contribution in [0.2, 0.25) is 0 Å². The number of hydrogen-bond acceptors (Lipinski definition) is 4. The molecule has 1 rings (SSSR count). The van der Waals surface area contributed by atoms with Crippen molar-refractivity contribution in [2.75, 3.05) is 13.7 Å². The number of nitrogens with one attached hydrogen (secondary N) is 1. The maximum absolute atomic E-state index is 11.8. The molecule has 0 fully saturated rings. The zero-order valence-corrected chi connectivity index (χ0v) is 10.2. The van der Waals surface area contributed by atoms with Gasteiger partial charge >= 0.3 is 0 Å². The minimum atomic E-state index is -0.357. The highest BCUT2D eigenvalue weighted by molar-refractivity contribution is 5.98. The number of pyridine rings is 1. The Morgan fingerprint density at radius 1 is 1.47 bits per heavy atom. The fraction of sp³-hybridized carbons (Fsp3) is 0.417. The van der Waals surface area contributed by atoms with Crippen LogP contribution >= 0.6 is 0 Å². The van der Waals surface area contributed by atoms with Crippen molar-refractivity contribution in [3.8, 4) is 5.88 Å². The van der Waals surface area contributed by atoms with Gasteiger partial charge in [-0.3, -0.25) is 9.59 Å². The van der Waals surface area contributed by atoms with Crippen molar-refractivity contribution in [2.45, 2.75) is 13.8 Å². The third-order valence-electron chi connectivity index (χ3n) is 2.28. The minimum Gasteiger partial charge on any atom is -0.480 e. The van der Waals surface area contributed by atoms with Gasteiger partial charge in [0.1, 0.15) is 5.56 Å². The highest BCUT2D eigenvalue weighted by Crippen LogP contribution is 2.12. The lowest BCUT2D eigenvalue weighted by atomic mass is 10.1. The molecule has 1 heterocycles. The number of carbonyl (C=O) groups excluding carboxylic acids is 2. The first-order valence-corrected chi connectivity index (χ1v) is 5.36. The molecule has 0 atom stereocenters. The van der Waals surface area contributed by atoms with E-state index in [1.54, 1.807) is 26.0 Å². The quantitative estimate of drug-likeness (QED) is 0.829. The Bertz CT molecular complexity index is 416. The molecule has 0 saturated heterocycles. The van der Waals surface area contributed by atoms with Crippen LogP contribution in [0.15, 0.2) is 18.3 Å². The van der Waals surface area contributed by atoms with Crippen molar-refractivity contribution >= 4 is 11.7 Å². The zero-order valence-electron chi connectivity index (χ0n) is 10.2. The van der Waals surface area contributed by atoms with Gasteiger partial charge in [-0.1, -0.05) is 13.8 Å². The topological polar surface area (TPSA) is 68.3 Å². The van der Waals surface area contributed by atoms with Gasteiger partial charge in [-0.05, 0) is 12.1 Å². The maximum atomic E-state index is 11.8. The average molecular weight is 236 g/mol. The summed E-state index contributed by atoms with van der Waals surface area (Å²) in [6, 6.07) is 3.24. The molecule has 1 aromatic heterocycles. The van der Waals surface area contributed by atoms with Gasteiger partial charge in [0.05, 0.1) is 13.7 Å². The number of aromatic nitrogens is 1. The Labute approximate surface area is 100 Å². The van der Waals surface area contributed by atoms with Crippen LogP contribution in [0, 0.1) is 5.92 Å². The molecule has 0 spiro atoms. The molecule has 5 nitrogen and oxygen atoms in total. The molecule has 1 N–H and O–H groups in total. The van der Waals surface area contributed by atoms with Crippen LogP contribution < -0.4 is 10.1 Å². The zero-order chi connectivity index (χ0) is 12.8. The van der Waals surface area contributed by atoms with E-state index in [1.165, 1.54) is 13.3 Å². The molecule has 1 amide bonds. The normalized spacial score (nSPS) is 10.1. The van der Waals surface area contributed by atoms with E-state index in [4.69, 9.17) is 4.74 Å². The number of ketones is 1. The van der Waals surface area contributed by atoms with E-state index in [-0.39, 0.29) is 30.0 Å². The lowest BCUT2D eigenvalue weighted by Gasteiger charge is -2.08. The summed E-state index contributed by atoms with van der Waals surface area (Å²) < 4.78 is 4.96. The van der Waals surface area contributed by atoms with E-state index in [1.807, 2.05) is 0 Å². The van der Waals surface area contributed by atoms with Crippen LogP contribution in [-0.4, -0.2) is 30.3 Å². The summed E-state index contributed by atoms with van der Waals surface area (Å²) in [6.45, 7) is 3.60. The predicted octanol–water partition coefficient (Wildman–Crippen LogP) is 1.05. The molecule has 0 aliphatic heterocycles. The van der Waals surface area contributed by atoms with Crippen LogP contribution in [0.25, 0.3) is 0 Å². The van der Waals surface area contributed by atoms with Gasteiger partial charge in [-0.15, -0.1) is 0 Å². The highest BCUT2D eigenvalue weighted by atomic mass is 16.5. The number of ether oxygens (including phenoxy) is 1. The number of Topliss-reactive ketones (excluding diaryl/α,β-unsaturated/α-hetero) is 1. The number of nitrogens with zero attached hydrogens (tertiary/aromatic N) is 1. The van der Waals surface area contributed by atoms with E-state index in [0.29, 0.717) is 5.56 Å². The molecule has 17 heavy (non-hydrogen) atoms. The molecule has 5 heteroatoms. The Hall–Kier alpha value is -1.91. The fourth-order valence-corrected chi connectivity index (χ4v) is 1.19. The third kappa shape index (κ3) is 3.55. The Morgan fingerprint density at radius 2 is 2.18 bits per heavy atom. The van der Waals surface area contributed by atoms with Crippen molar-refractivity contribution in [1.82, 2.24) is 10.3 Å². The molecule has 0 radical (unpaired) electrons. The Morgan fingerprint density at radius 3 is 2.76 bits per heavy atom. The van der Waals surface area contributed by atoms with Gasteiger partial charge in [-0.2, -0.15) is 0 Å². The number of amides is 1. The molecule has 0 saturated carbocycles. The molecular weight excluding hydrogens is 220 g/mol. The van der Waals surface area contributed by atoms with Gasteiger partial charge in [0, 0.05) is 12.1 Å². The van der Waals surface area contributed by atoms with Gasteiger partial charge in [0.2, 0.25) is 5.88 Å². The highest BCUT2D eigenvalue weighted by Gasteiger charge is 2.14. The number of hydrogen-bond donors (Lipinski definition) is 1. The first-order valence-electron chi connectivity index (χ1n) is 5.36. The minimum absolute atomic E-state index is 0.0128. The van der Waals surface area contributed by atoms with Gasteiger partial charge in [0.15, 0.2) is 5.78 Å². The van der Waals surface area contributed by atoms with Gasteiger partial charge in [0.25, 0.3) is 5.91 Å². The number of carbonyl (C=O) groups is 2. The van der Waals surface area contributed by atoms with Crippen molar-refractivity contribution < 1.29 is 14.3 Å². The molecule has 92 valence electrons. The van der Waals surface area contributed by atoms with E-state index >= 15 is 0 Å². The van der Waals surface area contributed by atoms with Gasteiger partial charge < -0.3 is 10.1 Å². The summed E-state index contributed by atoms with van der Waals surface area (Å²) in [7, 11) is 1.44. The standard InChI is InChI=1S/C12H16N2O3/c1-8(2)10(15)7-14-11(16)9-5-4-6-13-12(9)17-3/h4-6,8H,7H2,1-3H3,(H,14,16). The summed E-state index contributed by atoms with van der Waals surface area (Å²) in [5, 5.41) is 2.55. The van der Waals surface area contributed by atoms with E-state index in [9.17, 15) is 9.59 Å². The summed E-state index contributed by atoms with van der Waals surface area (Å²) >= 11 is 0. The Balaban J connectivity index is 2.67. The van der Waals surface area contributed by atoms with Crippen LogP contribution in [0.4, 0.5) is 0 Å². The van der Waals surface area contributed by atoms with Crippen LogP contribution in [0.5, 0.6) is 5.88 Å². The molecule has 0 aliphatic rings. The van der Waals surface area contributed by atoms with E-state index in [0.717, 1.165) is 0 Å². The third-order valence-corrected chi connectivity index (χ3v) is 2.28. The summed E-state index contributed by atoms with van der Waals surface area (Å²) in [5.41, 5.74) is 0.326. The average Bonchev–Trinajstić information content (AvgIpc) is 2.35. The lowest BCUT2D eigenvalue weighted by molar-refractivity contribution is -0.120. The second-order valence-electron chi connectivity index (χ2n) is 3.86. The predicted molar refractivity (Wildman–Crippen MR) is 63.0 cm³/mol. The lowest BCUT2D eigenvalue weighted by Crippen LogP contribution is -2.31. The van der Waals surface area contributed by atoms with Crippen molar-refractivity contribution in [3.63, 3.8) is 0 Å². The number of rotatable bonds is 5. The molecule has 1 aromatic rings. The first-order chi connectivity index (χ1) is 8.06. The Kier molecular flexibility index (Phi) is 4.63. The van der Waals surface area contributed by atoms with Gasteiger partial charge in [-0.25, -0.2) is 4.98 Å². The summed E-state index contributed by atoms with van der Waals surface area (Å²) in [4.78, 5) is 27.1. The van der Waals surface area contributed by atoms with Crippen molar-refractivity contribution in [1.29, 1.82) is 0 Å². The molecular formula is C12H16N2O3. The van der Waals surface area contributed by atoms with Crippen LogP contribution in [-0.2, 0) is 4.79 Å². The van der Waals surface area contributed by atoms with E-state index in [2.05, 4.69) is 10.3 Å². The molecule has 0 aromatic carbocycles. The maximum Gasteiger partial charge on any atom is 0.257 e. The smallest absolute Gasteiger partial charge is 0.257 e. The van der Waals surface area contributed by atoms with Crippen LogP contribution in [0.3, 0.4) is 0 Å². The fourth-order valence-electron chi connectivity index (χ4n) is 1.19. The molecule has 0 unspecified atom stereocenters. The summed E-state index contributed by atoms with van der Waals surface area (Å²) in [6.07, 6.45) is 1.54.